The second-order valence-corrected chi connectivity index (χ2v) is 4.29. The van der Waals surface area contributed by atoms with Crippen molar-refractivity contribution in [3.8, 4) is 0 Å². The molecule has 1 atom stereocenters. The van der Waals surface area contributed by atoms with Gasteiger partial charge < -0.3 is 14.8 Å². The Kier molecular flexibility index (Phi) is 6.41. The molecule has 20 heavy (non-hydrogen) atoms. The third-order valence-corrected chi connectivity index (χ3v) is 2.60. The predicted molar refractivity (Wildman–Crippen MR) is 72.1 cm³/mol. The minimum absolute atomic E-state index is 0.0613. The quantitative estimate of drug-likeness (QED) is 0.820. The van der Waals surface area contributed by atoms with Crippen LogP contribution in [0, 0.1) is 5.82 Å². The lowest BCUT2D eigenvalue weighted by Gasteiger charge is -2.14. The Balaban J connectivity index is 2.55. The number of hydrogen-bond donors (Lipinski definition) is 1. The van der Waals surface area contributed by atoms with Crippen molar-refractivity contribution < 1.29 is 23.5 Å². The minimum Gasteiger partial charge on any atom is -0.451 e. The molecule has 0 saturated heterocycles. The zero-order valence-corrected chi connectivity index (χ0v) is 11.9. The predicted octanol–water partition coefficient (Wildman–Crippen LogP) is 2.39. The average Bonchev–Trinajstić information content (AvgIpc) is 2.39. The summed E-state index contributed by atoms with van der Waals surface area (Å²) in [6.07, 6.45) is -1.01. The van der Waals surface area contributed by atoms with E-state index in [9.17, 15) is 14.0 Å². The molecule has 0 aromatic heterocycles. The van der Waals surface area contributed by atoms with Crippen molar-refractivity contribution in [2.45, 2.75) is 20.0 Å². The fraction of sp³-hybridized carbons (Fsp3) is 0.385. The smallest absolute Gasteiger partial charge is 0.332 e. The summed E-state index contributed by atoms with van der Waals surface area (Å²) in [5, 5.41) is 2.50. The first-order chi connectivity index (χ1) is 9.43. The van der Waals surface area contributed by atoms with Gasteiger partial charge in [0, 0.05) is 6.61 Å². The van der Waals surface area contributed by atoms with Crippen LogP contribution in [0.3, 0.4) is 0 Å². The number of ether oxygens (including phenoxy) is 2. The third-order valence-electron chi connectivity index (χ3n) is 2.29. The molecule has 0 aliphatic heterocycles. The van der Waals surface area contributed by atoms with Gasteiger partial charge in [0.1, 0.15) is 12.4 Å². The molecule has 1 N–H and O–H groups in total. The largest absolute Gasteiger partial charge is 0.451 e. The molecule has 0 bridgehead atoms. The molecule has 0 spiro atoms. The maximum absolute atomic E-state index is 12.9. The summed E-state index contributed by atoms with van der Waals surface area (Å²) in [7, 11) is 0. The van der Waals surface area contributed by atoms with Crippen molar-refractivity contribution in [3.05, 3.63) is 29.0 Å². The van der Waals surface area contributed by atoms with Gasteiger partial charge in [0.05, 0.1) is 10.7 Å². The Labute approximate surface area is 121 Å². The number of esters is 1. The molecule has 110 valence electrons. The van der Waals surface area contributed by atoms with Crippen LogP contribution in [0.2, 0.25) is 5.02 Å². The van der Waals surface area contributed by atoms with Crippen molar-refractivity contribution in [2.24, 2.45) is 0 Å². The van der Waals surface area contributed by atoms with Crippen LogP contribution in [0.15, 0.2) is 18.2 Å². The SMILES string of the molecule is CCOCC(=O)O[C@H](C)C(=O)Nc1ccc(F)cc1Cl. The van der Waals surface area contributed by atoms with Crippen LogP contribution in [0.5, 0.6) is 0 Å². The molecule has 0 radical (unpaired) electrons. The van der Waals surface area contributed by atoms with E-state index in [0.29, 0.717) is 6.61 Å². The Morgan fingerprint density at radius 3 is 2.75 bits per heavy atom. The van der Waals surface area contributed by atoms with Gasteiger partial charge in [0.25, 0.3) is 5.91 Å². The van der Waals surface area contributed by atoms with Crippen molar-refractivity contribution in [2.75, 3.05) is 18.5 Å². The first kappa shape index (κ1) is 16.4. The van der Waals surface area contributed by atoms with E-state index >= 15 is 0 Å². The highest BCUT2D eigenvalue weighted by Gasteiger charge is 2.18. The molecule has 1 rings (SSSR count). The number of nitrogens with one attached hydrogen (secondary N) is 1. The van der Waals surface area contributed by atoms with E-state index in [4.69, 9.17) is 21.1 Å². The number of hydrogen-bond acceptors (Lipinski definition) is 4. The molecule has 0 aliphatic rings. The number of halogens is 2. The molecule has 1 aromatic carbocycles. The topological polar surface area (TPSA) is 64.6 Å². The number of anilines is 1. The lowest BCUT2D eigenvalue weighted by atomic mass is 10.3. The van der Waals surface area contributed by atoms with Crippen molar-refractivity contribution >= 4 is 29.2 Å². The van der Waals surface area contributed by atoms with Crippen LogP contribution in [0.1, 0.15) is 13.8 Å². The molecular weight excluding hydrogens is 289 g/mol. The highest BCUT2D eigenvalue weighted by molar-refractivity contribution is 6.33. The first-order valence-electron chi connectivity index (χ1n) is 5.97. The van der Waals surface area contributed by atoms with Gasteiger partial charge in [-0.3, -0.25) is 4.79 Å². The van der Waals surface area contributed by atoms with E-state index in [1.807, 2.05) is 0 Å². The molecule has 0 unspecified atom stereocenters. The van der Waals surface area contributed by atoms with Crippen molar-refractivity contribution in [3.63, 3.8) is 0 Å². The monoisotopic (exact) mass is 303 g/mol. The van der Waals surface area contributed by atoms with Crippen LogP contribution < -0.4 is 5.32 Å². The molecule has 0 heterocycles. The summed E-state index contributed by atoms with van der Waals surface area (Å²) in [6.45, 7) is 3.31. The summed E-state index contributed by atoms with van der Waals surface area (Å²) in [6, 6.07) is 3.56. The molecular formula is C13H15ClFNO4. The Bertz CT molecular complexity index is 495. The average molecular weight is 304 g/mol. The van der Waals surface area contributed by atoms with Gasteiger partial charge in [-0.25, -0.2) is 9.18 Å². The number of benzene rings is 1. The normalized spacial score (nSPS) is 11.8. The van der Waals surface area contributed by atoms with E-state index in [2.05, 4.69) is 5.32 Å². The lowest BCUT2D eigenvalue weighted by molar-refractivity contribution is -0.157. The summed E-state index contributed by atoms with van der Waals surface area (Å²) in [5.41, 5.74) is 0.241. The highest BCUT2D eigenvalue weighted by Crippen LogP contribution is 2.22. The van der Waals surface area contributed by atoms with Gasteiger partial charge >= 0.3 is 5.97 Å². The standard InChI is InChI=1S/C13H15ClFNO4/c1-3-19-7-12(17)20-8(2)13(18)16-11-5-4-9(15)6-10(11)14/h4-6,8H,3,7H2,1-2H3,(H,16,18)/t8-/m1/s1. The summed E-state index contributed by atoms with van der Waals surface area (Å²) >= 11 is 5.77. The maximum Gasteiger partial charge on any atom is 0.332 e. The van der Waals surface area contributed by atoms with Crippen LogP contribution in [-0.4, -0.2) is 31.2 Å². The lowest BCUT2D eigenvalue weighted by Crippen LogP contribution is -2.31. The number of rotatable bonds is 6. The Morgan fingerprint density at radius 1 is 1.45 bits per heavy atom. The Hall–Kier alpha value is -1.66. The molecule has 5 nitrogen and oxygen atoms in total. The van der Waals surface area contributed by atoms with E-state index < -0.39 is 23.8 Å². The molecule has 1 amide bonds. The zero-order valence-electron chi connectivity index (χ0n) is 11.1. The molecule has 0 saturated carbocycles. The van der Waals surface area contributed by atoms with E-state index in [1.165, 1.54) is 13.0 Å². The van der Waals surface area contributed by atoms with Gasteiger partial charge in [-0.05, 0) is 32.0 Å². The molecule has 1 aromatic rings. The van der Waals surface area contributed by atoms with Crippen LogP contribution in [-0.2, 0) is 19.1 Å². The van der Waals surface area contributed by atoms with Crippen LogP contribution in [0.25, 0.3) is 0 Å². The molecule has 7 heteroatoms. The highest BCUT2D eigenvalue weighted by atomic mass is 35.5. The molecule has 0 fully saturated rings. The Morgan fingerprint density at radius 2 is 2.15 bits per heavy atom. The van der Waals surface area contributed by atoms with E-state index in [0.717, 1.165) is 12.1 Å². The zero-order chi connectivity index (χ0) is 15.1. The number of amides is 1. The van der Waals surface area contributed by atoms with Crippen LogP contribution in [0.4, 0.5) is 10.1 Å². The maximum atomic E-state index is 12.9. The second kappa shape index (κ2) is 7.81. The van der Waals surface area contributed by atoms with Gasteiger partial charge in [-0.15, -0.1) is 0 Å². The number of carbonyl (C=O) groups is 2. The number of carbonyl (C=O) groups excluding carboxylic acids is 2. The first-order valence-corrected chi connectivity index (χ1v) is 6.35. The second-order valence-electron chi connectivity index (χ2n) is 3.88. The van der Waals surface area contributed by atoms with Gasteiger partial charge in [0.15, 0.2) is 6.10 Å². The van der Waals surface area contributed by atoms with Crippen LogP contribution >= 0.6 is 11.6 Å². The fourth-order valence-corrected chi connectivity index (χ4v) is 1.51. The fourth-order valence-electron chi connectivity index (χ4n) is 1.30. The van der Waals surface area contributed by atoms with Gasteiger partial charge in [-0.1, -0.05) is 11.6 Å². The summed E-state index contributed by atoms with van der Waals surface area (Å²) in [4.78, 5) is 23.1. The summed E-state index contributed by atoms with van der Waals surface area (Å²) in [5.74, 6) is -1.72. The van der Waals surface area contributed by atoms with E-state index in [1.54, 1.807) is 6.92 Å². The van der Waals surface area contributed by atoms with Crippen molar-refractivity contribution in [1.82, 2.24) is 0 Å². The molecule has 0 aliphatic carbocycles. The van der Waals surface area contributed by atoms with Gasteiger partial charge in [-0.2, -0.15) is 0 Å². The summed E-state index contributed by atoms with van der Waals surface area (Å²) < 4.78 is 22.6. The van der Waals surface area contributed by atoms with Crippen molar-refractivity contribution in [1.29, 1.82) is 0 Å². The van der Waals surface area contributed by atoms with E-state index in [-0.39, 0.29) is 17.3 Å². The third kappa shape index (κ3) is 5.14. The minimum atomic E-state index is -1.01. The van der Waals surface area contributed by atoms with Gasteiger partial charge in [0.2, 0.25) is 0 Å².